The highest BCUT2D eigenvalue weighted by atomic mass is 19.1. The summed E-state index contributed by atoms with van der Waals surface area (Å²) < 4.78 is 19.5. The summed E-state index contributed by atoms with van der Waals surface area (Å²) in [5.41, 5.74) is 6.02. The molecular formula is C14H20FNO2. The van der Waals surface area contributed by atoms with Crippen molar-refractivity contribution in [2.45, 2.75) is 31.4 Å². The molecule has 4 heteroatoms. The van der Waals surface area contributed by atoms with Gasteiger partial charge < -0.3 is 15.6 Å². The summed E-state index contributed by atoms with van der Waals surface area (Å²) >= 11 is 0. The molecular weight excluding hydrogens is 233 g/mol. The molecule has 0 amide bonds. The number of ether oxygens (including phenoxy) is 1. The standard InChI is InChI=1S/C14H20FNO2/c1-2-18-11-7-10(9-17)14(16,8-11)12-5-3-4-6-13(12)15/h3-6,10-11,17H,2,7-9,16H2,1H3/t10-,11-,14-/m0/s1. The zero-order valence-corrected chi connectivity index (χ0v) is 10.6. The minimum Gasteiger partial charge on any atom is -0.396 e. The van der Waals surface area contributed by atoms with Gasteiger partial charge in [0.1, 0.15) is 5.82 Å². The summed E-state index contributed by atoms with van der Waals surface area (Å²) in [4.78, 5) is 0. The van der Waals surface area contributed by atoms with E-state index in [1.807, 2.05) is 6.92 Å². The van der Waals surface area contributed by atoms with Gasteiger partial charge in [0.15, 0.2) is 0 Å². The zero-order chi connectivity index (χ0) is 13.2. The summed E-state index contributed by atoms with van der Waals surface area (Å²) in [5, 5.41) is 9.48. The predicted molar refractivity (Wildman–Crippen MR) is 67.5 cm³/mol. The van der Waals surface area contributed by atoms with Crippen molar-refractivity contribution in [1.29, 1.82) is 0 Å². The highest BCUT2D eigenvalue weighted by molar-refractivity contribution is 5.29. The third-order valence-electron chi connectivity index (χ3n) is 3.84. The van der Waals surface area contributed by atoms with Crippen LogP contribution in [0.15, 0.2) is 24.3 Å². The molecule has 3 N–H and O–H groups in total. The van der Waals surface area contributed by atoms with Crippen molar-refractivity contribution in [3.05, 3.63) is 35.6 Å². The van der Waals surface area contributed by atoms with Crippen LogP contribution in [0.1, 0.15) is 25.3 Å². The largest absolute Gasteiger partial charge is 0.396 e. The average Bonchev–Trinajstić information content (AvgIpc) is 2.67. The Morgan fingerprint density at radius 3 is 2.83 bits per heavy atom. The zero-order valence-electron chi connectivity index (χ0n) is 10.6. The van der Waals surface area contributed by atoms with E-state index in [1.54, 1.807) is 18.2 Å². The van der Waals surface area contributed by atoms with E-state index in [0.29, 0.717) is 25.0 Å². The predicted octanol–water partition coefficient (Wildman–Crippen LogP) is 1.79. The molecule has 1 aromatic carbocycles. The van der Waals surface area contributed by atoms with Gasteiger partial charge in [-0.25, -0.2) is 4.39 Å². The first-order valence-corrected chi connectivity index (χ1v) is 6.38. The van der Waals surface area contributed by atoms with Gasteiger partial charge in [-0.15, -0.1) is 0 Å². The molecule has 3 atom stereocenters. The first-order chi connectivity index (χ1) is 8.61. The van der Waals surface area contributed by atoms with E-state index in [2.05, 4.69) is 0 Å². The molecule has 3 nitrogen and oxygen atoms in total. The fourth-order valence-corrected chi connectivity index (χ4v) is 2.92. The maximum Gasteiger partial charge on any atom is 0.128 e. The van der Waals surface area contributed by atoms with E-state index < -0.39 is 5.54 Å². The van der Waals surface area contributed by atoms with Gasteiger partial charge in [-0.05, 0) is 25.8 Å². The lowest BCUT2D eigenvalue weighted by Gasteiger charge is -2.31. The normalized spacial score (nSPS) is 31.8. The van der Waals surface area contributed by atoms with Gasteiger partial charge in [0.25, 0.3) is 0 Å². The molecule has 0 bridgehead atoms. The van der Waals surface area contributed by atoms with E-state index in [9.17, 15) is 9.50 Å². The number of benzene rings is 1. The van der Waals surface area contributed by atoms with Crippen molar-refractivity contribution in [3.8, 4) is 0 Å². The van der Waals surface area contributed by atoms with E-state index in [1.165, 1.54) is 6.07 Å². The fourth-order valence-electron chi connectivity index (χ4n) is 2.92. The van der Waals surface area contributed by atoms with Crippen molar-refractivity contribution in [2.24, 2.45) is 11.7 Å². The number of halogens is 1. The maximum atomic E-state index is 13.9. The van der Waals surface area contributed by atoms with Crippen LogP contribution in [0.25, 0.3) is 0 Å². The Balaban J connectivity index is 2.31. The number of aliphatic hydroxyl groups is 1. The first kappa shape index (κ1) is 13.5. The summed E-state index contributed by atoms with van der Waals surface area (Å²) in [6.45, 7) is 2.48. The number of rotatable bonds is 4. The molecule has 1 aliphatic carbocycles. The number of hydrogen-bond donors (Lipinski definition) is 2. The molecule has 0 radical (unpaired) electrons. The van der Waals surface area contributed by atoms with Crippen LogP contribution in [0.3, 0.4) is 0 Å². The molecule has 0 heterocycles. The van der Waals surface area contributed by atoms with Crippen LogP contribution in [0.5, 0.6) is 0 Å². The van der Waals surface area contributed by atoms with Crippen molar-refractivity contribution in [1.82, 2.24) is 0 Å². The van der Waals surface area contributed by atoms with Gasteiger partial charge in [0, 0.05) is 24.7 Å². The highest BCUT2D eigenvalue weighted by Gasteiger charge is 2.46. The summed E-state index contributed by atoms with van der Waals surface area (Å²) in [6.07, 6.45) is 1.22. The van der Waals surface area contributed by atoms with Crippen molar-refractivity contribution >= 4 is 0 Å². The van der Waals surface area contributed by atoms with Crippen LogP contribution in [0.4, 0.5) is 4.39 Å². The molecule has 0 spiro atoms. The summed E-state index contributed by atoms with van der Waals surface area (Å²) in [7, 11) is 0. The van der Waals surface area contributed by atoms with Crippen molar-refractivity contribution < 1.29 is 14.2 Å². The van der Waals surface area contributed by atoms with Crippen LogP contribution in [0.2, 0.25) is 0 Å². The lowest BCUT2D eigenvalue weighted by atomic mass is 9.81. The third-order valence-corrected chi connectivity index (χ3v) is 3.84. The topological polar surface area (TPSA) is 55.5 Å². The summed E-state index contributed by atoms with van der Waals surface area (Å²) in [5.74, 6) is -0.471. The van der Waals surface area contributed by atoms with Gasteiger partial charge in [0.2, 0.25) is 0 Å². The van der Waals surface area contributed by atoms with Crippen LogP contribution < -0.4 is 5.73 Å². The second-order valence-electron chi connectivity index (χ2n) is 4.92. The molecule has 1 fully saturated rings. The number of hydrogen-bond acceptors (Lipinski definition) is 3. The number of aliphatic hydroxyl groups excluding tert-OH is 1. The van der Waals surface area contributed by atoms with Crippen molar-refractivity contribution in [2.75, 3.05) is 13.2 Å². The second kappa shape index (κ2) is 5.34. The van der Waals surface area contributed by atoms with Gasteiger partial charge in [-0.1, -0.05) is 18.2 Å². The third kappa shape index (κ3) is 2.28. The SMILES string of the molecule is CCO[C@H]1C[C@@H](CO)[C@](N)(c2ccccc2F)C1. The average molecular weight is 253 g/mol. The molecule has 0 aromatic heterocycles. The Kier molecular flexibility index (Phi) is 4.00. The van der Waals surface area contributed by atoms with Gasteiger partial charge in [0.05, 0.1) is 11.6 Å². The Morgan fingerprint density at radius 2 is 2.22 bits per heavy atom. The minimum absolute atomic E-state index is 0.00300. The van der Waals surface area contributed by atoms with E-state index in [-0.39, 0.29) is 24.4 Å². The van der Waals surface area contributed by atoms with Crippen molar-refractivity contribution in [3.63, 3.8) is 0 Å². The molecule has 1 aromatic rings. The molecule has 0 unspecified atom stereocenters. The van der Waals surface area contributed by atoms with Crippen LogP contribution in [-0.4, -0.2) is 24.4 Å². The Hall–Kier alpha value is -0.970. The second-order valence-corrected chi connectivity index (χ2v) is 4.92. The van der Waals surface area contributed by atoms with Gasteiger partial charge in [-0.2, -0.15) is 0 Å². The van der Waals surface area contributed by atoms with Crippen LogP contribution in [0, 0.1) is 11.7 Å². The van der Waals surface area contributed by atoms with E-state index in [4.69, 9.17) is 10.5 Å². The first-order valence-electron chi connectivity index (χ1n) is 6.38. The highest BCUT2D eigenvalue weighted by Crippen LogP contribution is 2.43. The molecule has 1 aliphatic rings. The van der Waals surface area contributed by atoms with Crippen LogP contribution >= 0.6 is 0 Å². The summed E-state index contributed by atoms with van der Waals surface area (Å²) in [6, 6.07) is 6.53. The minimum atomic E-state index is -0.833. The fraction of sp³-hybridized carbons (Fsp3) is 0.571. The van der Waals surface area contributed by atoms with Gasteiger partial charge in [-0.3, -0.25) is 0 Å². The lowest BCUT2D eigenvalue weighted by Crippen LogP contribution is -2.43. The Labute approximate surface area is 107 Å². The molecule has 2 rings (SSSR count). The molecule has 100 valence electrons. The Morgan fingerprint density at radius 1 is 1.50 bits per heavy atom. The van der Waals surface area contributed by atoms with E-state index >= 15 is 0 Å². The quantitative estimate of drug-likeness (QED) is 0.860. The Bertz CT molecular complexity index is 413. The van der Waals surface area contributed by atoms with Crippen LogP contribution in [-0.2, 0) is 10.3 Å². The molecule has 0 aliphatic heterocycles. The maximum absolute atomic E-state index is 13.9. The lowest BCUT2D eigenvalue weighted by molar-refractivity contribution is 0.0612. The molecule has 0 saturated heterocycles. The molecule has 18 heavy (non-hydrogen) atoms. The smallest absolute Gasteiger partial charge is 0.128 e. The number of nitrogens with two attached hydrogens (primary N) is 1. The van der Waals surface area contributed by atoms with E-state index in [0.717, 1.165) is 0 Å². The monoisotopic (exact) mass is 253 g/mol. The molecule has 1 saturated carbocycles. The van der Waals surface area contributed by atoms with Gasteiger partial charge >= 0.3 is 0 Å².